The summed E-state index contributed by atoms with van der Waals surface area (Å²) in [6, 6.07) is 0.611. The first-order valence-electron chi connectivity index (χ1n) is 4.93. The van der Waals surface area contributed by atoms with E-state index in [1.165, 1.54) is 6.42 Å². The van der Waals surface area contributed by atoms with Crippen molar-refractivity contribution in [2.45, 2.75) is 32.7 Å². The molecular weight excluding hydrogens is 162 g/mol. The SMILES string of the molecule is CCC(C)NCCc1nccn1C. The summed E-state index contributed by atoms with van der Waals surface area (Å²) in [7, 11) is 2.03. The van der Waals surface area contributed by atoms with Crippen LogP contribution in [0, 0.1) is 0 Å². The Labute approximate surface area is 80.2 Å². The molecule has 0 fully saturated rings. The molecule has 0 saturated carbocycles. The zero-order chi connectivity index (χ0) is 9.68. The summed E-state index contributed by atoms with van der Waals surface area (Å²) in [6.45, 7) is 5.41. The maximum absolute atomic E-state index is 4.26. The quantitative estimate of drug-likeness (QED) is 0.743. The number of nitrogens with one attached hydrogen (secondary N) is 1. The van der Waals surface area contributed by atoms with Crippen LogP contribution in [0.2, 0.25) is 0 Å². The molecular formula is C10H19N3. The van der Waals surface area contributed by atoms with Crippen molar-refractivity contribution in [3.63, 3.8) is 0 Å². The molecule has 0 aliphatic rings. The first kappa shape index (κ1) is 10.3. The van der Waals surface area contributed by atoms with Gasteiger partial charge in [0.25, 0.3) is 0 Å². The van der Waals surface area contributed by atoms with Gasteiger partial charge in [-0.25, -0.2) is 4.98 Å². The van der Waals surface area contributed by atoms with Crippen LogP contribution in [0.4, 0.5) is 0 Å². The second kappa shape index (κ2) is 5.02. The highest BCUT2D eigenvalue weighted by Crippen LogP contribution is 1.95. The van der Waals surface area contributed by atoms with Crippen molar-refractivity contribution in [1.82, 2.24) is 14.9 Å². The van der Waals surface area contributed by atoms with E-state index in [2.05, 4.69) is 28.7 Å². The second-order valence-electron chi connectivity index (χ2n) is 3.47. The first-order chi connectivity index (χ1) is 6.24. The molecule has 1 rings (SSSR count). The summed E-state index contributed by atoms with van der Waals surface area (Å²) in [4.78, 5) is 4.26. The molecule has 0 aliphatic carbocycles. The van der Waals surface area contributed by atoms with Crippen molar-refractivity contribution in [1.29, 1.82) is 0 Å². The van der Waals surface area contributed by atoms with Crippen LogP contribution in [-0.2, 0) is 13.5 Å². The molecule has 0 radical (unpaired) electrons. The lowest BCUT2D eigenvalue weighted by atomic mass is 10.2. The summed E-state index contributed by atoms with van der Waals surface area (Å²) in [5, 5.41) is 3.44. The predicted molar refractivity (Wildman–Crippen MR) is 54.7 cm³/mol. The first-order valence-corrected chi connectivity index (χ1v) is 4.93. The zero-order valence-corrected chi connectivity index (χ0v) is 8.75. The number of imidazole rings is 1. The van der Waals surface area contributed by atoms with E-state index in [9.17, 15) is 0 Å². The normalized spacial score (nSPS) is 13.2. The molecule has 0 amide bonds. The molecule has 74 valence electrons. The second-order valence-corrected chi connectivity index (χ2v) is 3.47. The van der Waals surface area contributed by atoms with Crippen LogP contribution < -0.4 is 5.32 Å². The van der Waals surface area contributed by atoms with E-state index in [1.54, 1.807) is 0 Å². The monoisotopic (exact) mass is 181 g/mol. The van der Waals surface area contributed by atoms with E-state index < -0.39 is 0 Å². The van der Waals surface area contributed by atoms with Gasteiger partial charge in [-0.15, -0.1) is 0 Å². The fraction of sp³-hybridized carbons (Fsp3) is 0.700. The minimum atomic E-state index is 0.611. The van der Waals surface area contributed by atoms with E-state index in [4.69, 9.17) is 0 Å². The highest BCUT2D eigenvalue weighted by Gasteiger charge is 2.00. The van der Waals surface area contributed by atoms with Gasteiger partial charge in [-0.2, -0.15) is 0 Å². The Bertz CT molecular complexity index is 242. The molecule has 1 N–H and O–H groups in total. The van der Waals surface area contributed by atoms with Crippen LogP contribution in [0.1, 0.15) is 26.1 Å². The molecule has 0 bridgehead atoms. The summed E-state index contributed by atoms with van der Waals surface area (Å²) in [5.74, 6) is 1.15. The molecule has 1 aromatic heterocycles. The van der Waals surface area contributed by atoms with Gasteiger partial charge in [-0.05, 0) is 13.3 Å². The van der Waals surface area contributed by atoms with Crippen LogP contribution in [0.3, 0.4) is 0 Å². The van der Waals surface area contributed by atoms with E-state index in [-0.39, 0.29) is 0 Å². The van der Waals surface area contributed by atoms with Crippen molar-refractivity contribution >= 4 is 0 Å². The zero-order valence-electron chi connectivity index (χ0n) is 8.75. The Morgan fingerprint density at radius 2 is 2.38 bits per heavy atom. The molecule has 0 saturated heterocycles. The number of aromatic nitrogens is 2. The third-order valence-electron chi connectivity index (χ3n) is 2.37. The van der Waals surface area contributed by atoms with Gasteiger partial charge in [0, 0.05) is 38.4 Å². The van der Waals surface area contributed by atoms with Crippen molar-refractivity contribution in [3.8, 4) is 0 Å². The largest absolute Gasteiger partial charge is 0.338 e. The molecule has 0 aliphatic heterocycles. The number of nitrogens with zero attached hydrogens (tertiary/aromatic N) is 2. The molecule has 13 heavy (non-hydrogen) atoms. The van der Waals surface area contributed by atoms with Gasteiger partial charge in [0.05, 0.1) is 0 Å². The van der Waals surface area contributed by atoms with Crippen molar-refractivity contribution in [3.05, 3.63) is 18.2 Å². The third kappa shape index (κ3) is 3.19. The van der Waals surface area contributed by atoms with Gasteiger partial charge in [0.15, 0.2) is 0 Å². The summed E-state index contributed by atoms with van der Waals surface area (Å²) in [6.07, 6.45) is 6.02. The van der Waals surface area contributed by atoms with Gasteiger partial charge in [-0.3, -0.25) is 0 Å². The molecule has 3 heteroatoms. The van der Waals surface area contributed by atoms with E-state index >= 15 is 0 Å². The topological polar surface area (TPSA) is 29.9 Å². The van der Waals surface area contributed by atoms with Gasteiger partial charge < -0.3 is 9.88 Å². The van der Waals surface area contributed by atoms with Crippen molar-refractivity contribution in [2.75, 3.05) is 6.54 Å². The third-order valence-corrected chi connectivity index (χ3v) is 2.37. The average molecular weight is 181 g/mol. The Morgan fingerprint density at radius 3 is 2.92 bits per heavy atom. The Hall–Kier alpha value is -0.830. The number of hydrogen-bond donors (Lipinski definition) is 1. The van der Waals surface area contributed by atoms with Gasteiger partial charge in [-0.1, -0.05) is 6.92 Å². The molecule has 3 nitrogen and oxygen atoms in total. The lowest BCUT2D eigenvalue weighted by Crippen LogP contribution is -2.27. The fourth-order valence-electron chi connectivity index (χ4n) is 1.21. The number of rotatable bonds is 5. The van der Waals surface area contributed by atoms with Gasteiger partial charge >= 0.3 is 0 Å². The van der Waals surface area contributed by atoms with Gasteiger partial charge in [0.1, 0.15) is 5.82 Å². The molecule has 0 aromatic carbocycles. The van der Waals surface area contributed by atoms with Crippen molar-refractivity contribution in [2.24, 2.45) is 7.05 Å². The van der Waals surface area contributed by atoms with Crippen LogP contribution >= 0.6 is 0 Å². The van der Waals surface area contributed by atoms with E-state index in [1.807, 2.05) is 19.4 Å². The smallest absolute Gasteiger partial charge is 0.109 e. The Morgan fingerprint density at radius 1 is 1.62 bits per heavy atom. The molecule has 0 spiro atoms. The summed E-state index contributed by atoms with van der Waals surface area (Å²) in [5.41, 5.74) is 0. The Kier molecular flexibility index (Phi) is 3.96. The van der Waals surface area contributed by atoms with Crippen LogP contribution in [0.25, 0.3) is 0 Å². The minimum absolute atomic E-state index is 0.611. The minimum Gasteiger partial charge on any atom is -0.338 e. The van der Waals surface area contributed by atoms with Crippen molar-refractivity contribution < 1.29 is 0 Å². The standard InChI is InChI=1S/C10H19N3/c1-4-9(2)11-6-5-10-12-7-8-13(10)3/h7-9,11H,4-6H2,1-3H3. The van der Waals surface area contributed by atoms with E-state index in [0.717, 1.165) is 18.8 Å². The summed E-state index contributed by atoms with van der Waals surface area (Å²) >= 11 is 0. The average Bonchev–Trinajstić information content (AvgIpc) is 2.52. The molecule has 1 heterocycles. The lowest BCUT2D eigenvalue weighted by molar-refractivity contribution is 0.530. The van der Waals surface area contributed by atoms with Gasteiger partial charge in [0.2, 0.25) is 0 Å². The number of hydrogen-bond acceptors (Lipinski definition) is 2. The maximum atomic E-state index is 4.26. The van der Waals surface area contributed by atoms with Crippen LogP contribution in [0.5, 0.6) is 0 Å². The predicted octanol–water partition coefficient (Wildman–Crippen LogP) is 1.35. The molecule has 1 atom stereocenters. The lowest BCUT2D eigenvalue weighted by Gasteiger charge is -2.10. The fourth-order valence-corrected chi connectivity index (χ4v) is 1.21. The van der Waals surface area contributed by atoms with E-state index in [0.29, 0.717) is 6.04 Å². The Balaban J connectivity index is 2.24. The highest BCUT2D eigenvalue weighted by molar-refractivity contribution is 4.91. The number of aryl methyl sites for hydroxylation is 1. The van der Waals surface area contributed by atoms with Crippen LogP contribution in [-0.4, -0.2) is 22.1 Å². The molecule has 1 aromatic rings. The maximum Gasteiger partial charge on any atom is 0.109 e. The summed E-state index contributed by atoms with van der Waals surface area (Å²) < 4.78 is 2.07. The van der Waals surface area contributed by atoms with Crippen LogP contribution in [0.15, 0.2) is 12.4 Å². The molecule has 1 unspecified atom stereocenters. The highest BCUT2D eigenvalue weighted by atomic mass is 15.0.